The molecular formula is C26H25NO4S. The average Bonchev–Trinajstić information content (AvgIpc) is 2.79. The molecule has 4 rings (SSSR count). The molecule has 3 aromatic carbocycles. The van der Waals surface area contributed by atoms with Gasteiger partial charge in [-0.3, -0.25) is 0 Å². The van der Waals surface area contributed by atoms with Crippen LogP contribution < -0.4 is 0 Å². The molecule has 0 radical (unpaired) electrons. The average molecular weight is 448 g/mol. The maximum atomic E-state index is 14.1. The van der Waals surface area contributed by atoms with Gasteiger partial charge in [0.25, 0.3) is 0 Å². The molecule has 2 atom stereocenters. The molecule has 6 heteroatoms. The molecule has 1 aliphatic heterocycles. The van der Waals surface area contributed by atoms with E-state index in [0.29, 0.717) is 11.1 Å². The van der Waals surface area contributed by atoms with Gasteiger partial charge in [0.2, 0.25) is 10.0 Å². The molecule has 5 nitrogen and oxygen atoms in total. The minimum absolute atomic E-state index is 0.0664. The number of hydrogen-bond acceptors (Lipinski definition) is 3. The lowest BCUT2D eigenvalue weighted by molar-refractivity contribution is -0.133. The first-order valence-electron chi connectivity index (χ1n) is 10.4. The Hall–Kier alpha value is -3.22. The topological polar surface area (TPSA) is 74.7 Å². The van der Waals surface area contributed by atoms with Crippen LogP contribution in [0.2, 0.25) is 0 Å². The molecule has 164 valence electrons. The van der Waals surface area contributed by atoms with Gasteiger partial charge in [-0.05, 0) is 43.0 Å². The number of aliphatic carboxylic acids is 1. The summed E-state index contributed by atoms with van der Waals surface area (Å²) in [4.78, 5) is 12.4. The fourth-order valence-corrected chi connectivity index (χ4v) is 6.28. The number of carboxylic acid groups (broad SMARTS) is 1. The summed E-state index contributed by atoms with van der Waals surface area (Å²) in [7, 11) is -4.03. The van der Waals surface area contributed by atoms with E-state index in [0.717, 1.165) is 11.1 Å². The molecule has 1 N–H and O–H groups in total. The van der Waals surface area contributed by atoms with E-state index in [9.17, 15) is 18.3 Å². The van der Waals surface area contributed by atoms with Crippen molar-refractivity contribution in [2.75, 3.05) is 0 Å². The summed E-state index contributed by atoms with van der Waals surface area (Å²) in [5.74, 6) is -1.12. The zero-order valence-corrected chi connectivity index (χ0v) is 18.8. The molecule has 0 spiro atoms. The summed E-state index contributed by atoms with van der Waals surface area (Å²) in [5, 5.41) is 9.98. The number of nitrogens with zero attached hydrogens (tertiary/aromatic N) is 1. The van der Waals surface area contributed by atoms with Gasteiger partial charge >= 0.3 is 5.97 Å². The third kappa shape index (κ3) is 3.99. The largest absolute Gasteiger partial charge is 0.478 e. The number of carbonyl (C=O) groups is 1. The highest BCUT2D eigenvalue weighted by Crippen LogP contribution is 2.45. The van der Waals surface area contributed by atoms with Crippen LogP contribution >= 0.6 is 0 Å². The van der Waals surface area contributed by atoms with Crippen LogP contribution in [0.15, 0.2) is 95.4 Å². The van der Waals surface area contributed by atoms with Crippen molar-refractivity contribution in [2.24, 2.45) is 0 Å². The molecule has 1 aliphatic rings. The Labute approximate surface area is 188 Å². The number of benzene rings is 3. The highest BCUT2D eigenvalue weighted by Gasteiger charge is 2.44. The summed E-state index contributed by atoms with van der Waals surface area (Å²) in [6, 6.07) is 22.0. The van der Waals surface area contributed by atoms with E-state index in [4.69, 9.17) is 0 Å². The molecule has 1 heterocycles. The third-order valence-electron chi connectivity index (χ3n) is 5.89. The van der Waals surface area contributed by atoms with E-state index in [-0.39, 0.29) is 16.9 Å². The van der Waals surface area contributed by atoms with Crippen molar-refractivity contribution in [1.82, 2.24) is 4.31 Å². The molecular weight excluding hydrogens is 422 g/mol. The van der Waals surface area contributed by atoms with Gasteiger partial charge in [0.1, 0.15) is 0 Å². The van der Waals surface area contributed by atoms with Gasteiger partial charge < -0.3 is 5.11 Å². The Morgan fingerprint density at radius 2 is 1.50 bits per heavy atom. The second-order valence-electron chi connectivity index (χ2n) is 8.04. The van der Waals surface area contributed by atoms with E-state index in [1.807, 2.05) is 37.3 Å². The first-order chi connectivity index (χ1) is 15.3. The third-order valence-corrected chi connectivity index (χ3v) is 7.92. The number of sulfonamides is 1. The Bertz CT molecular complexity index is 1260. The Morgan fingerprint density at radius 3 is 2.12 bits per heavy atom. The first kappa shape index (κ1) is 22.0. The number of rotatable bonds is 5. The van der Waals surface area contributed by atoms with Crippen LogP contribution in [-0.2, 0) is 14.8 Å². The van der Waals surface area contributed by atoms with Gasteiger partial charge in [-0.15, -0.1) is 0 Å². The Morgan fingerprint density at radius 1 is 0.875 bits per heavy atom. The maximum Gasteiger partial charge on any atom is 0.333 e. The number of hydrogen-bond donors (Lipinski definition) is 1. The monoisotopic (exact) mass is 447 g/mol. The molecule has 0 aromatic heterocycles. The predicted octanol–water partition coefficient (Wildman–Crippen LogP) is 5.19. The fraction of sp³-hybridized carbons (Fsp3) is 0.192. The zero-order valence-electron chi connectivity index (χ0n) is 18.0. The van der Waals surface area contributed by atoms with Crippen molar-refractivity contribution in [3.05, 3.63) is 113 Å². The lowest BCUT2D eigenvalue weighted by Crippen LogP contribution is -2.42. The van der Waals surface area contributed by atoms with Crippen molar-refractivity contribution >= 4 is 16.0 Å². The van der Waals surface area contributed by atoms with Gasteiger partial charge in [0.15, 0.2) is 0 Å². The molecule has 0 saturated heterocycles. The molecule has 0 unspecified atom stereocenters. The minimum atomic E-state index is -4.03. The standard InChI is InChI=1S/C26H25NO4S/c1-18-12-14-20(15-13-18)23-17-16-22(26(28)29)25(21-9-4-3-5-10-21)27(23)32(30,31)24-11-7-6-8-19(24)2/h3-16,23,25H,17H2,1-2H3,(H,28,29)/t23-,25-/m0/s1. The van der Waals surface area contributed by atoms with Gasteiger partial charge in [0, 0.05) is 0 Å². The summed E-state index contributed by atoms with van der Waals surface area (Å²) in [6.07, 6.45) is 1.94. The van der Waals surface area contributed by atoms with Crippen LogP contribution in [0.5, 0.6) is 0 Å². The first-order valence-corrected chi connectivity index (χ1v) is 11.9. The molecule has 0 saturated carbocycles. The van der Waals surface area contributed by atoms with Crippen LogP contribution in [0.3, 0.4) is 0 Å². The lowest BCUT2D eigenvalue weighted by Gasteiger charge is -2.41. The molecule has 0 fully saturated rings. The molecule has 0 bridgehead atoms. The summed E-state index contributed by atoms with van der Waals surface area (Å²) >= 11 is 0. The molecule has 0 amide bonds. The normalized spacial score (nSPS) is 19.4. The van der Waals surface area contributed by atoms with Crippen molar-refractivity contribution in [3.8, 4) is 0 Å². The van der Waals surface area contributed by atoms with Gasteiger partial charge in [0.05, 0.1) is 22.6 Å². The van der Waals surface area contributed by atoms with Crippen LogP contribution in [0.25, 0.3) is 0 Å². The summed E-state index contributed by atoms with van der Waals surface area (Å²) < 4.78 is 29.6. The number of aryl methyl sites for hydroxylation is 2. The van der Waals surface area contributed by atoms with Crippen LogP contribution in [-0.4, -0.2) is 23.8 Å². The maximum absolute atomic E-state index is 14.1. The van der Waals surface area contributed by atoms with E-state index in [2.05, 4.69) is 0 Å². The van der Waals surface area contributed by atoms with Crippen molar-refractivity contribution in [1.29, 1.82) is 0 Å². The zero-order chi connectivity index (χ0) is 22.9. The van der Waals surface area contributed by atoms with E-state index in [1.165, 1.54) is 4.31 Å². The molecule has 3 aromatic rings. The quantitative estimate of drug-likeness (QED) is 0.584. The highest BCUT2D eigenvalue weighted by atomic mass is 32.2. The smallest absolute Gasteiger partial charge is 0.333 e. The van der Waals surface area contributed by atoms with Crippen LogP contribution in [0.4, 0.5) is 0 Å². The summed E-state index contributed by atoms with van der Waals surface area (Å²) in [6.45, 7) is 3.73. The minimum Gasteiger partial charge on any atom is -0.478 e. The van der Waals surface area contributed by atoms with Crippen molar-refractivity contribution in [2.45, 2.75) is 37.2 Å². The van der Waals surface area contributed by atoms with Crippen LogP contribution in [0, 0.1) is 13.8 Å². The van der Waals surface area contributed by atoms with E-state index < -0.39 is 28.1 Å². The summed E-state index contributed by atoms with van der Waals surface area (Å²) in [5.41, 5.74) is 3.20. The Kier molecular flexibility index (Phi) is 6.00. The van der Waals surface area contributed by atoms with Gasteiger partial charge in [-0.1, -0.05) is 84.4 Å². The molecule has 32 heavy (non-hydrogen) atoms. The van der Waals surface area contributed by atoms with Crippen LogP contribution in [0.1, 0.15) is 40.8 Å². The van der Waals surface area contributed by atoms with Gasteiger partial charge in [-0.2, -0.15) is 4.31 Å². The fourth-order valence-electron chi connectivity index (χ4n) is 4.27. The predicted molar refractivity (Wildman–Crippen MR) is 124 cm³/mol. The van der Waals surface area contributed by atoms with Crippen molar-refractivity contribution in [3.63, 3.8) is 0 Å². The Balaban J connectivity index is 1.98. The van der Waals surface area contributed by atoms with Crippen molar-refractivity contribution < 1.29 is 18.3 Å². The number of carboxylic acids is 1. The van der Waals surface area contributed by atoms with E-state index in [1.54, 1.807) is 61.5 Å². The molecule has 0 aliphatic carbocycles. The second kappa shape index (κ2) is 8.73. The highest BCUT2D eigenvalue weighted by molar-refractivity contribution is 7.89. The van der Waals surface area contributed by atoms with E-state index >= 15 is 0 Å². The SMILES string of the molecule is Cc1ccc([C@@H]2CC=C(C(=O)O)[C@H](c3ccccc3)N2S(=O)(=O)c2ccccc2C)cc1. The second-order valence-corrected chi connectivity index (χ2v) is 9.85. The van der Waals surface area contributed by atoms with Gasteiger partial charge in [-0.25, -0.2) is 13.2 Å². The lowest BCUT2D eigenvalue weighted by atomic mass is 9.89.